The highest BCUT2D eigenvalue weighted by Crippen LogP contribution is 2.32. The number of hydrogen-bond donors (Lipinski definition) is 1. The average Bonchev–Trinajstić information content (AvgIpc) is 2.87. The lowest BCUT2D eigenvalue weighted by Crippen LogP contribution is -2.13. The van der Waals surface area contributed by atoms with Gasteiger partial charge in [0.15, 0.2) is 0 Å². The summed E-state index contributed by atoms with van der Waals surface area (Å²) < 4.78 is 1.90. The van der Waals surface area contributed by atoms with Crippen LogP contribution in [0.2, 0.25) is 0 Å². The predicted molar refractivity (Wildman–Crippen MR) is 86.0 cm³/mol. The second kappa shape index (κ2) is 5.64. The Bertz CT molecular complexity index is 822. The molecule has 2 heterocycles. The number of fused-ring (bicyclic) bond motifs is 1. The van der Waals surface area contributed by atoms with Crippen molar-refractivity contribution in [3.05, 3.63) is 59.9 Å². The van der Waals surface area contributed by atoms with Crippen LogP contribution in [0.3, 0.4) is 0 Å². The number of imidazole rings is 1. The molecule has 0 amide bonds. The molecule has 0 aliphatic heterocycles. The molecule has 4 nitrogen and oxygen atoms in total. The second-order valence-corrected chi connectivity index (χ2v) is 5.44. The van der Waals surface area contributed by atoms with Gasteiger partial charge >= 0.3 is 5.97 Å². The van der Waals surface area contributed by atoms with Gasteiger partial charge in [-0.25, -0.2) is 4.98 Å². The van der Waals surface area contributed by atoms with E-state index in [4.69, 9.17) is 4.98 Å². The van der Waals surface area contributed by atoms with Gasteiger partial charge in [-0.15, -0.1) is 0 Å². The zero-order chi connectivity index (χ0) is 15.7. The lowest BCUT2D eigenvalue weighted by atomic mass is 9.97. The smallest absolute Gasteiger partial charge is 0.312 e. The molecule has 0 aliphatic rings. The molecule has 1 N–H and O–H groups in total. The maximum Gasteiger partial charge on any atom is 0.312 e. The molecule has 22 heavy (non-hydrogen) atoms. The molecule has 0 spiro atoms. The highest BCUT2D eigenvalue weighted by Gasteiger charge is 2.26. The zero-order valence-electron chi connectivity index (χ0n) is 12.7. The summed E-state index contributed by atoms with van der Waals surface area (Å²) in [7, 11) is 0. The summed E-state index contributed by atoms with van der Waals surface area (Å²) >= 11 is 0. The first-order chi connectivity index (χ1) is 10.6. The number of hydrogen-bond acceptors (Lipinski definition) is 2. The van der Waals surface area contributed by atoms with Gasteiger partial charge < -0.3 is 9.51 Å². The Kier molecular flexibility index (Phi) is 3.67. The van der Waals surface area contributed by atoms with Gasteiger partial charge in [0.2, 0.25) is 0 Å². The van der Waals surface area contributed by atoms with Crippen molar-refractivity contribution >= 4 is 11.6 Å². The fourth-order valence-corrected chi connectivity index (χ4v) is 2.79. The number of pyridine rings is 1. The summed E-state index contributed by atoms with van der Waals surface area (Å²) in [4.78, 5) is 16.4. The van der Waals surface area contributed by atoms with Crippen molar-refractivity contribution in [2.75, 3.05) is 0 Å². The van der Waals surface area contributed by atoms with Crippen molar-refractivity contribution in [3.63, 3.8) is 0 Å². The van der Waals surface area contributed by atoms with E-state index < -0.39 is 11.9 Å². The van der Waals surface area contributed by atoms with E-state index >= 15 is 0 Å². The molecule has 1 atom stereocenters. The van der Waals surface area contributed by atoms with Gasteiger partial charge in [0, 0.05) is 11.8 Å². The predicted octanol–water partition coefficient (Wildman–Crippen LogP) is 3.89. The molecule has 0 aliphatic carbocycles. The van der Waals surface area contributed by atoms with Crippen molar-refractivity contribution in [2.24, 2.45) is 0 Å². The van der Waals surface area contributed by atoms with Crippen molar-refractivity contribution in [2.45, 2.75) is 26.2 Å². The number of aliphatic carboxylic acids is 1. The van der Waals surface area contributed by atoms with Gasteiger partial charge in [0.1, 0.15) is 5.65 Å². The minimum atomic E-state index is -0.818. The van der Waals surface area contributed by atoms with E-state index in [1.54, 1.807) is 0 Å². The van der Waals surface area contributed by atoms with E-state index in [0.29, 0.717) is 6.42 Å². The number of nitrogens with zero attached hydrogens (tertiary/aromatic N) is 2. The molecule has 3 rings (SSSR count). The molecular weight excluding hydrogens is 276 g/mol. The van der Waals surface area contributed by atoms with Crippen molar-refractivity contribution < 1.29 is 9.90 Å². The van der Waals surface area contributed by atoms with Crippen LogP contribution in [0, 0.1) is 6.92 Å². The summed E-state index contributed by atoms with van der Waals surface area (Å²) in [5.74, 6) is -1.39. The van der Waals surface area contributed by atoms with E-state index in [9.17, 15) is 9.90 Å². The molecule has 0 radical (unpaired) electrons. The van der Waals surface area contributed by atoms with Gasteiger partial charge in [-0.1, -0.05) is 37.3 Å². The first kappa shape index (κ1) is 14.3. The van der Waals surface area contributed by atoms with Gasteiger partial charge in [-0.2, -0.15) is 0 Å². The van der Waals surface area contributed by atoms with Crippen LogP contribution in [0.5, 0.6) is 0 Å². The first-order valence-corrected chi connectivity index (χ1v) is 7.38. The van der Waals surface area contributed by atoms with Crippen LogP contribution < -0.4 is 0 Å². The molecular formula is C18H18N2O2. The van der Waals surface area contributed by atoms with Crippen LogP contribution in [0.1, 0.15) is 30.5 Å². The second-order valence-electron chi connectivity index (χ2n) is 5.44. The minimum Gasteiger partial charge on any atom is -0.481 e. The van der Waals surface area contributed by atoms with Crippen LogP contribution in [-0.2, 0) is 4.79 Å². The summed E-state index contributed by atoms with van der Waals surface area (Å²) in [5, 5.41) is 9.59. The van der Waals surface area contributed by atoms with Gasteiger partial charge in [-0.3, -0.25) is 4.79 Å². The fraction of sp³-hybridized carbons (Fsp3) is 0.222. The average molecular weight is 294 g/mol. The molecule has 3 aromatic rings. The molecule has 4 heteroatoms. The highest BCUT2D eigenvalue weighted by atomic mass is 16.4. The third kappa shape index (κ3) is 2.37. The summed E-state index contributed by atoms with van der Waals surface area (Å²) in [6, 6.07) is 13.7. The van der Waals surface area contributed by atoms with E-state index in [-0.39, 0.29) is 0 Å². The van der Waals surface area contributed by atoms with Crippen LogP contribution >= 0.6 is 0 Å². The van der Waals surface area contributed by atoms with Crippen molar-refractivity contribution in [1.82, 2.24) is 9.38 Å². The van der Waals surface area contributed by atoms with Gasteiger partial charge in [-0.05, 0) is 31.0 Å². The van der Waals surface area contributed by atoms with Crippen LogP contribution in [0.4, 0.5) is 0 Å². The number of carboxylic acids is 1. The number of carboxylic acid groups (broad SMARTS) is 1. The Morgan fingerprint density at radius 2 is 2.00 bits per heavy atom. The lowest BCUT2D eigenvalue weighted by molar-refractivity contribution is -0.138. The summed E-state index contributed by atoms with van der Waals surface area (Å²) in [5.41, 5.74) is 4.33. The Balaban J connectivity index is 2.33. The maximum absolute atomic E-state index is 11.7. The number of carbonyl (C=O) groups is 1. The Hall–Kier alpha value is -2.62. The van der Waals surface area contributed by atoms with E-state index in [1.165, 1.54) is 0 Å². The van der Waals surface area contributed by atoms with E-state index in [1.807, 2.05) is 66.9 Å². The SMILES string of the molecule is CCC(C(=O)O)c1c(-c2ccccc2)nc2cc(C)ccn12. The Morgan fingerprint density at radius 1 is 1.27 bits per heavy atom. The van der Waals surface area contributed by atoms with E-state index in [2.05, 4.69) is 0 Å². The number of benzene rings is 1. The van der Waals surface area contributed by atoms with Crippen molar-refractivity contribution in [3.8, 4) is 11.3 Å². The third-order valence-electron chi connectivity index (χ3n) is 3.90. The highest BCUT2D eigenvalue weighted by molar-refractivity contribution is 5.80. The molecule has 1 aromatic carbocycles. The van der Waals surface area contributed by atoms with Crippen LogP contribution in [0.15, 0.2) is 48.7 Å². The zero-order valence-corrected chi connectivity index (χ0v) is 12.7. The molecule has 2 aromatic heterocycles. The fourth-order valence-electron chi connectivity index (χ4n) is 2.79. The number of aromatic nitrogens is 2. The molecule has 112 valence electrons. The largest absolute Gasteiger partial charge is 0.481 e. The number of aryl methyl sites for hydroxylation is 1. The van der Waals surface area contributed by atoms with Gasteiger partial charge in [0.05, 0.1) is 17.3 Å². The standard InChI is InChI=1S/C18H18N2O2/c1-3-14(18(21)22)17-16(13-7-5-4-6-8-13)19-15-11-12(2)9-10-20(15)17/h4-11,14H,3H2,1-2H3,(H,21,22). The quantitative estimate of drug-likeness (QED) is 0.794. The molecule has 0 bridgehead atoms. The third-order valence-corrected chi connectivity index (χ3v) is 3.90. The van der Waals surface area contributed by atoms with Crippen LogP contribution in [0.25, 0.3) is 16.9 Å². The van der Waals surface area contributed by atoms with Crippen LogP contribution in [-0.4, -0.2) is 20.5 Å². The van der Waals surface area contributed by atoms with Crippen molar-refractivity contribution in [1.29, 1.82) is 0 Å². The molecule has 0 saturated heterocycles. The lowest BCUT2D eigenvalue weighted by Gasteiger charge is -2.12. The molecule has 0 saturated carbocycles. The normalized spacial score (nSPS) is 12.5. The first-order valence-electron chi connectivity index (χ1n) is 7.38. The summed E-state index contributed by atoms with van der Waals surface area (Å²) in [6.45, 7) is 3.90. The topological polar surface area (TPSA) is 54.6 Å². The summed E-state index contributed by atoms with van der Waals surface area (Å²) in [6.07, 6.45) is 2.43. The molecule has 0 fully saturated rings. The minimum absolute atomic E-state index is 0.525. The Labute approximate surface area is 129 Å². The molecule has 1 unspecified atom stereocenters. The van der Waals surface area contributed by atoms with Gasteiger partial charge in [0.25, 0.3) is 0 Å². The Morgan fingerprint density at radius 3 is 2.64 bits per heavy atom. The maximum atomic E-state index is 11.7. The van der Waals surface area contributed by atoms with E-state index in [0.717, 1.165) is 28.2 Å². The number of rotatable bonds is 4. The monoisotopic (exact) mass is 294 g/mol.